The van der Waals surface area contributed by atoms with E-state index >= 15 is 0 Å². The molecule has 0 atom stereocenters. The molecule has 0 aliphatic heterocycles. The van der Waals surface area contributed by atoms with Crippen LogP contribution in [0.4, 0.5) is 0 Å². The molecule has 149 valence electrons. The monoisotopic (exact) mass is 419 g/mol. The van der Waals surface area contributed by atoms with Gasteiger partial charge in [0.25, 0.3) is 0 Å². The molecule has 0 aliphatic rings. The average Bonchev–Trinajstić information content (AvgIpc) is 2.46. The van der Waals surface area contributed by atoms with Gasteiger partial charge < -0.3 is 20.3 Å². The van der Waals surface area contributed by atoms with Gasteiger partial charge in [-0.2, -0.15) is 0 Å². The molecule has 1 aromatic rings. The third-order valence-electron chi connectivity index (χ3n) is 3.24. The van der Waals surface area contributed by atoms with Crippen molar-refractivity contribution in [2.45, 2.75) is 24.7 Å². The fraction of sp³-hybridized carbons (Fsp3) is 0.647. The Hall–Kier alpha value is -0.471. The molecule has 0 aliphatic carbocycles. The van der Waals surface area contributed by atoms with E-state index < -0.39 is 10.0 Å². The van der Waals surface area contributed by atoms with Gasteiger partial charge in [0.1, 0.15) is 0 Å². The molecule has 0 amide bonds. The summed E-state index contributed by atoms with van der Waals surface area (Å²) in [5, 5.41) is 12.0. The van der Waals surface area contributed by atoms with Crippen LogP contribution in [0.3, 0.4) is 0 Å². The van der Waals surface area contributed by atoms with Gasteiger partial charge >= 0.3 is 17.1 Å². The summed E-state index contributed by atoms with van der Waals surface area (Å²) in [6.07, 6.45) is 2.49. The Morgan fingerprint density at radius 2 is 1.32 bits per heavy atom. The number of rotatable bonds is 9. The third-order valence-corrected chi connectivity index (χ3v) is 4.10. The Morgan fingerprint density at radius 3 is 1.64 bits per heavy atom. The molecule has 1 aromatic carbocycles. The number of benzene rings is 1. The van der Waals surface area contributed by atoms with Crippen LogP contribution in [0.5, 0.6) is 0 Å². The largest absolute Gasteiger partial charge is 1.00 e. The summed E-state index contributed by atoms with van der Waals surface area (Å²) in [7, 11) is 4.45. The maximum atomic E-state index is 10.5. The second kappa shape index (κ2) is 14.7. The zero-order chi connectivity index (χ0) is 18.6. The van der Waals surface area contributed by atoms with Gasteiger partial charge in [0.05, 0.1) is 10.0 Å². The van der Waals surface area contributed by atoms with Crippen LogP contribution in [0.15, 0.2) is 29.2 Å². The molecular weight excluding hydrogens is 388 g/mol. The summed E-state index contributed by atoms with van der Waals surface area (Å²) < 4.78 is 21.0. The van der Waals surface area contributed by atoms with Crippen molar-refractivity contribution in [1.82, 2.24) is 15.1 Å². The number of hydrogen-bond acceptors (Lipinski definition) is 5. The summed E-state index contributed by atoms with van der Waals surface area (Å²) in [5.74, 6) is 0. The average molecular weight is 420 g/mol. The van der Waals surface area contributed by atoms with Crippen LogP contribution < -0.4 is 5.32 Å². The van der Waals surface area contributed by atoms with E-state index in [1.165, 1.54) is 38.1 Å². The van der Waals surface area contributed by atoms with Gasteiger partial charge in [0.15, 0.2) is 0 Å². The van der Waals surface area contributed by atoms with Gasteiger partial charge in [0, 0.05) is 4.90 Å². The first kappa shape index (κ1) is 26.8. The summed E-state index contributed by atoms with van der Waals surface area (Å²) in [5.41, 5.74) is 0.956. The van der Waals surface area contributed by atoms with Crippen molar-refractivity contribution in [3.05, 3.63) is 35.0 Å². The molecule has 1 N–H and O–H groups in total. The predicted molar refractivity (Wildman–Crippen MR) is 101 cm³/mol. The second-order valence-electron chi connectivity index (χ2n) is 6.35. The molecule has 0 unspecified atom stereocenters. The summed E-state index contributed by atoms with van der Waals surface area (Å²) in [6, 6.07) is 5.99. The van der Waals surface area contributed by atoms with Crippen molar-refractivity contribution in [3.63, 3.8) is 0 Å². The molecule has 0 spiro atoms. The normalized spacial score (nSPS) is 11.0. The molecule has 0 bridgehead atoms. The van der Waals surface area contributed by atoms with Crippen LogP contribution in [-0.4, -0.2) is 72.6 Å². The zero-order valence-corrected chi connectivity index (χ0v) is 17.7. The van der Waals surface area contributed by atoms with Crippen LogP contribution in [0.2, 0.25) is 0 Å². The molecule has 25 heavy (non-hydrogen) atoms. The van der Waals surface area contributed by atoms with Crippen molar-refractivity contribution in [2.75, 3.05) is 54.4 Å². The van der Waals surface area contributed by atoms with E-state index in [2.05, 4.69) is 43.3 Å². The Morgan fingerprint density at radius 1 is 0.920 bits per heavy atom. The minimum absolute atomic E-state index is 0. The maximum Gasteiger partial charge on any atom is 1.00 e. The number of aryl methyl sites for hydroxylation is 1. The quantitative estimate of drug-likeness (QED) is 0.489. The Kier molecular flexibility index (Phi) is 15.7. The zero-order valence-electron chi connectivity index (χ0n) is 15.9. The molecule has 0 aromatic heterocycles. The molecule has 0 saturated carbocycles. The minimum atomic E-state index is -4.02. The topological polar surface area (TPSA) is 75.0 Å². The molecule has 8 heteroatoms. The smallest absolute Gasteiger partial charge is 0.678 e. The summed E-state index contributed by atoms with van der Waals surface area (Å²) >= 11 is 0. The molecule has 6 nitrogen and oxygen atoms in total. The Labute approximate surface area is 164 Å². The maximum absolute atomic E-state index is 10.5. The number of hydrogen-bond donors (Lipinski definition) is 1. The number of sulfonamides is 1. The first-order valence-corrected chi connectivity index (χ1v) is 9.61. The Bertz CT molecular complexity index is 522. The van der Waals surface area contributed by atoms with E-state index in [9.17, 15) is 8.42 Å². The van der Waals surface area contributed by atoms with Gasteiger partial charge in [-0.25, -0.2) is 8.42 Å². The van der Waals surface area contributed by atoms with E-state index in [-0.39, 0.29) is 22.0 Å². The predicted octanol–water partition coefficient (Wildman–Crippen LogP) is 2.00. The standard InChI is InChI=1S/C10H25N3.C7H7NO2S.Cu/c1-12(2)9-5-7-11-8-6-10-13(3)4;1-6-2-4-7(5-3-6)11(8,9)10;/h11H,5-10H2,1-4H3;2-5H,1H3;/q;-1;+1. The minimum Gasteiger partial charge on any atom is -0.678 e. The van der Waals surface area contributed by atoms with Crippen molar-refractivity contribution < 1.29 is 25.5 Å². The van der Waals surface area contributed by atoms with E-state index in [4.69, 9.17) is 5.14 Å². The van der Waals surface area contributed by atoms with E-state index in [1.807, 2.05) is 6.92 Å². The van der Waals surface area contributed by atoms with Gasteiger partial charge in [-0.1, -0.05) is 17.7 Å². The van der Waals surface area contributed by atoms with Gasteiger partial charge in [-0.05, 0) is 86.3 Å². The van der Waals surface area contributed by atoms with E-state index in [0.29, 0.717) is 0 Å². The van der Waals surface area contributed by atoms with E-state index in [0.717, 1.165) is 18.7 Å². The van der Waals surface area contributed by atoms with Crippen LogP contribution in [0.25, 0.3) is 5.14 Å². The van der Waals surface area contributed by atoms with Crippen LogP contribution in [0, 0.1) is 6.92 Å². The van der Waals surface area contributed by atoms with Gasteiger partial charge in [-0.15, -0.1) is 0 Å². The number of nitrogens with zero attached hydrogens (tertiary/aromatic N) is 3. The molecular formula is C17H32CuN4O2S. The van der Waals surface area contributed by atoms with Gasteiger partial charge in [0.2, 0.25) is 0 Å². The SMILES string of the molecule is CN(C)CCCNCCCN(C)C.Cc1ccc(S([N-])(=O)=O)cc1.[Cu+]. The van der Waals surface area contributed by atoms with Crippen molar-refractivity contribution in [1.29, 1.82) is 0 Å². The van der Waals surface area contributed by atoms with Crippen molar-refractivity contribution in [3.8, 4) is 0 Å². The third kappa shape index (κ3) is 16.7. The van der Waals surface area contributed by atoms with Gasteiger partial charge in [-0.3, -0.25) is 0 Å². The molecule has 0 heterocycles. The molecule has 0 saturated heterocycles. The molecule has 0 fully saturated rings. The fourth-order valence-electron chi connectivity index (χ4n) is 1.88. The van der Waals surface area contributed by atoms with Crippen LogP contribution in [-0.2, 0) is 27.1 Å². The Balaban J connectivity index is 0. The first-order chi connectivity index (χ1) is 11.1. The van der Waals surface area contributed by atoms with Crippen LogP contribution >= 0.6 is 0 Å². The summed E-state index contributed by atoms with van der Waals surface area (Å²) in [6.45, 7) is 6.49. The molecule has 1 radical (unpaired) electrons. The number of nitrogens with one attached hydrogen (secondary N) is 1. The van der Waals surface area contributed by atoms with E-state index in [1.54, 1.807) is 12.1 Å². The molecule has 1 rings (SSSR count). The fourth-order valence-corrected chi connectivity index (χ4v) is 2.36. The van der Waals surface area contributed by atoms with Crippen molar-refractivity contribution >= 4 is 10.0 Å². The summed E-state index contributed by atoms with van der Waals surface area (Å²) in [4.78, 5) is 4.38. The van der Waals surface area contributed by atoms with Crippen LogP contribution in [0.1, 0.15) is 18.4 Å². The first-order valence-electron chi connectivity index (χ1n) is 8.17. The second-order valence-corrected chi connectivity index (χ2v) is 7.77. The van der Waals surface area contributed by atoms with Crippen molar-refractivity contribution in [2.24, 2.45) is 0 Å².